The number of esters is 1. The first-order valence-electron chi connectivity index (χ1n) is 4.04. The minimum atomic E-state index is -0.497. The maximum atomic E-state index is 11.0. The molecule has 0 atom stereocenters. The van der Waals surface area contributed by atoms with Gasteiger partial charge in [0.1, 0.15) is 0 Å². The molecule has 2 N–H and O–H groups in total. The molecular weight excluding hydrogens is 204 g/mol. The number of benzene rings is 1. The quantitative estimate of drug-likeness (QED) is 0.443. The van der Waals surface area contributed by atoms with Crippen molar-refractivity contribution in [1.82, 2.24) is 0 Å². The molecule has 0 aliphatic rings. The Balaban J connectivity index is 2.95. The Labute approximate surface area is 85.5 Å². The van der Waals surface area contributed by atoms with Crippen LogP contribution in [0, 0.1) is 0 Å². The predicted molar refractivity (Wildman–Crippen MR) is 48.7 cm³/mol. The van der Waals surface area contributed by atoms with Crippen LogP contribution < -0.4 is 9.78 Å². The molecule has 0 bridgehead atoms. The molecule has 6 heteroatoms. The van der Waals surface area contributed by atoms with E-state index in [0.717, 1.165) is 0 Å². The summed E-state index contributed by atoms with van der Waals surface area (Å²) in [6.45, 7) is 0. The number of hydrogen-bond donors (Lipinski definition) is 2. The molecule has 0 aliphatic heterocycles. The van der Waals surface area contributed by atoms with E-state index in [0.29, 0.717) is 5.56 Å². The van der Waals surface area contributed by atoms with Crippen molar-refractivity contribution in [3.63, 3.8) is 0 Å². The average Bonchev–Trinajstić information content (AvgIpc) is 2.28. The summed E-state index contributed by atoms with van der Waals surface area (Å²) in [6.07, 6.45) is -0.0937. The number of carbonyl (C=O) groups is 1. The maximum Gasteiger partial charge on any atom is 0.310 e. The van der Waals surface area contributed by atoms with Gasteiger partial charge in [-0.25, -0.2) is 10.5 Å². The molecule has 0 spiro atoms. The number of hydrogen-bond acceptors (Lipinski definition) is 6. The lowest BCUT2D eigenvalue weighted by Gasteiger charge is -2.06. The van der Waals surface area contributed by atoms with Crippen LogP contribution in [-0.2, 0) is 16.0 Å². The summed E-state index contributed by atoms with van der Waals surface area (Å²) >= 11 is 0. The molecule has 0 heterocycles. The van der Waals surface area contributed by atoms with Crippen LogP contribution in [0.3, 0.4) is 0 Å². The molecule has 0 saturated carbocycles. The van der Waals surface area contributed by atoms with Gasteiger partial charge in [-0.3, -0.25) is 4.79 Å². The topological polar surface area (TPSA) is 85.2 Å². The molecular formula is C9H10O6. The largest absolute Gasteiger partial charge is 0.469 e. The minimum absolute atomic E-state index is 0.0937. The molecule has 0 saturated heterocycles. The Bertz CT molecular complexity index is 348. The van der Waals surface area contributed by atoms with Gasteiger partial charge in [0.2, 0.25) is 0 Å². The second kappa shape index (κ2) is 5.18. The molecule has 82 valence electrons. The molecule has 0 aromatic heterocycles. The fraction of sp³-hybridized carbons (Fsp3) is 0.222. The number of methoxy groups -OCH3 is 1. The lowest BCUT2D eigenvalue weighted by atomic mass is 10.1. The number of rotatable bonds is 4. The molecule has 0 radical (unpaired) electrons. The SMILES string of the molecule is COC(=O)Cc1cc(OO)ccc1OO. The second-order valence-corrected chi connectivity index (χ2v) is 2.71. The van der Waals surface area contributed by atoms with Crippen molar-refractivity contribution >= 4 is 5.97 Å². The Morgan fingerprint density at radius 2 is 2.07 bits per heavy atom. The van der Waals surface area contributed by atoms with E-state index in [9.17, 15) is 4.79 Å². The lowest BCUT2D eigenvalue weighted by molar-refractivity contribution is -0.144. The predicted octanol–water partition coefficient (Wildman–Crippen LogP) is 1.11. The Morgan fingerprint density at radius 3 is 2.60 bits per heavy atom. The van der Waals surface area contributed by atoms with Gasteiger partial charge in [0.05, 0.1) is 13.5 Å². The van der Waals surface area contributed by atoms with Crippen LogP contribution in [0.15, 0.2) is 18.2 Å². The molecule has 1 aromatic carbocycles. The lowest BCUT2D eigenvalue weighted by Crippen LogP contribution is -2.06. The zero-order valence-corrected chi connectivity index (χ0v) is 7.97. The third kappa shape index (κ3) is 2.83. The van der Waals surface area contributed by atoms with E-state index < -0.39 is 5.97 Å². The minimum Gasteiger partial charge on any atom is -0.469 e. The number of carbonyl (C=O) groups excluding carboxylic acids is 1. The first-order valence-corrected chi connectivity index (χ1v) is 4.04. The van der Waals surface area contributed by atoms with E-state index in [1.54, 1.807) is 0 Å². The van der Waals surface area contributed by atoms with Crippen molar-refractivity contribution in [2.75, 3.05) is 7.11 Å². The van der Waals surface area contributed by atoms with E-state index in [-0.39, 0.29) is 17.9 Å². The molecule has 0 unspecified atom stereocenters. The molecule has 0 fully saturated rings. The van der Waals surface area contributed by atoms with Gasteiger partial charge < -0.3 is 14.5 Å². The van der Waals surface area contributed by atoms with Crippen molar-refractivity contribution in [3.8, 4) is 11.5 Å². The fourth-order valence-corrected chi connectivity index (χ4v) is 1.07. The molecule has 15 heavy (non-hydrogen) atoms. The smallest absolute Gasteiger partial charge is 0.310 e. The van der Waals surface area contributed by atoms with Gasteiger partial charge in [-0.05, 0) is 18.2 Å². The second-order valence-electron chi connectivity index (χ2n) is 2.71. The summed E-state index contributed by atoms with van der Waals surface area (Å²) in [7, 11) is 1.24. The van der Waals surface area contributed by atoms with Gasteiger partial charge in [0.25, 0.3) is 0 Å². The maximum absolute atomic E-state index is 11.0. The Morgan fingerprint density at radius 1 is 1.33 bits per heavy atom. The first kappa shape index (κ1) is 11.3. The van der Waals surface area contributed by atoms with E-state index in [4.69, 9.17) is 10.5 Å². The van der Waals surface area contributed by atoms with Crippen LogP contribution in [0.4, 0.5) is 0 Å². The van der Waals surface area contributed by atoms with Crippen LogP contribution in [-0.4, -0.2) is 23.6 Å². The summed E-state index contributed by atoms with van der Waals surface area (Å²) in [5.41, 5.74) is 0.343. The van der Waals surface area contributed by atoms with Crippen LogP contribution in [0.5, 0.6) is 11.5 Å². The van der Waals surface area contributed by atoms with Gasteiger partial charge in [-0.15, -0.1) is 0 Å². The Hall–Kier alpha value is -1.79. The van der Waals surface area contributed by atoms with Gasteiger partial charge in [0, 0.05) is 5.56 Å². The zero-order valence-electron chi connectivity index (χ0n) is 7.97. The van der Waals surface area contributed by atoms with E-state index in [1.165, 1.54) is 25.3 Å². The summed E-state index contributed by atoms with van der Waals surface area (Å²) in [5.74, 6) is -0.265. The van der Waals surface area contributed by atoms with E-state index in [1.807, 2.05) is 0 Å². The summed E-state index contributed by atoms with van der Waals surface area (Å²) < 4.78 is 4.45. The fourth-order valence-electron chi connectivity index (χ4n) is 1.07. The summed E-state index contributed by atoms with van der Waals surface area (Å²) in [6, 6.07) is 4.07. The third-order valence-corrected chi connectivity index (χ3v) is 1.80. The standard InChI is InChI=1S/C9H10O6/c1-13-9(10)5-6-4-7(14-11)2-3-8(6)15-12/h2-4,11-12H,5H2,1H3. The molecule has 1 aromatic rings. The van der Waals surface area contributed by atoms with Crippen molar-refractivity contribution < 1.29 is 29.8 Å². The molecule has 0 aliphatic carbocycles. The highest BCUT2D eigenvalue weighted by Crippen LogP contribution is 2.24. The van der Waals surface area contributed by atoms with E-state index in [2.05, 4.69) is 14.5 Å². The third-order valence-electron chi connectivity index (χ3n) is 1.80. The highest BCUT2D eigenvalue weighted by atomic mass is 17.1. The first-order chi connectivity index (χ1) is 7.21. The molecule has 0 amide bonds. The van der Waals surface area contributed by atoms with Gasteiger partial charge in [0.15, 0.2) is 11.5 Å². The van der Waals surface area contributed by atoms with Gasteiger partial charge >= 0.3 is 5.97 Å². The Kier molecular flexibility index (Phi) is 3.90. The monoisotopic (exact) mass is 214 g/mol. The van der Waals surface area contributed by atoms with Crippen LogP contribution in [0.25, 0.3) is 0 Å². The van der Waals surface area contributed by atoms with Gasteiger partial charge in [-0.1, -0.05) is 0 Å². The van der Waals surface area contributed by atoms with Crippen molar-refractivity contribution in [1.29, 1.82) is 0 Å². The van der Waals surface area contributed by atoms with Crippen LogP contribution in [0.1, 0.15) is 5.56 Å². The van der Waals surface area contributed by atoms with Crippen molar-refractivity contribution in [2.45, 2.75) is 6.42 Å². The van der Waals surface area contributed by atoms with Gasteiger partial charge in [-0.2, -0.15) is 0 Å². The average molecular weight is 214 g/mol. The van der Waals surface area contributed by atoms with E-state index >= 15 is 0 Å². The normalized spacial score (nSPS) is 9.53. The summed E-state index contributed by atoms with van der Waals surface area (Å²) in [5, 5.41) is 16.9. The van der Waals surface area contributed by atoms with Crippen molar-refractivity contribution in [3.05, 3.63) is 23.8 Å². The highest BCUT2D eigenvalue weighted by molar-refractivity contribution is 5.73. The van der Waals surface area contributed by atoms with Crippen molar-refractivity contribution in [2.24, 2.45) is 0 Å². The molecule has 1 rings (SSSR count). The van der Waals surface area contributed by atoms with Crippen LogP contribution in [0.2, 0.25) is 0 Å². The number of ether oxygens (including phenoxy) is 1. The summed E-state index contributed by atoms with van der Waals surface area (Å²) in [4.78, 5) is 19.0. The van der Waals surface area contributed by atoms with Crippen LogP contribution >= 0.6 is 0 Å². The highest BCUT2D eigenvalue weighted by Gasteiger charge is 2.11. The molecule has 6 nitrogen and oxygen atoms in total. The zero-order chi connectivity index (χ0) is 11.3.